The summed E-state index contributed by atoms with van der Waals surface area (Å²) in [5.41, 5.74) is 2.13. The number of carboxylic acid groups (broad SMARTS) is 1. The molecule has 1 aromatic carbocycles. The zero-order valence-corrected chi connectivity index (χ0v) is 15.2. The van der Waals surface area contributed by atoms with E-state index in [0.717, 1.165) is 22.8 Å². The van der Waals surface area contributed by atoms with Crippen molar-refractivity contribution in [3.05, 3.63) is 41.1 Å². The third kappa shape index (κ3) is 3.27. The molecule has 0 unspecified atom stereocenters. The van der Waals surface area contributed by atoms with Gasteiger partial charge in [0.2, 0.25) is 0 Å². The average Bonchev–Trinajstić information content (AvgIpc) is 2.83. The van der Waals surface area contributed by atoms with Crippen LogP contribution in [0.25, 0.3) is 17.1 Å². The Morgan fingerprint density at radius 3 is 2.72 bits per heavy atom. The van der Waals surface area contributed by atoms with E-state index in [9.17, 15) is 14.7 Å². The van der Waals surface area contributed by atoms with Crippen molar-refractivity contribution in [2.45, 2.75) is 19.9 Å². The fourth-order valence-electron chi connectivity index (χ4n) is 2.69. The molecule has 2 aromatic rings. The van der Waals surface area contributed by atoms with Gasteiger partial charge in [-0.1, -0.05) is 50.0 Å². The highest BCUT2D eigenvalue weighted by Gasteiger charge is 2.41. The first-order valence-corrected chi connectivity index (χ1v) is 8.82. The summed E-state index contributed by atoms with van der Waals surface area (Å²) in [6.07, 6.45) is 4.88. The molecule has 0 spiro atoms. The number of benzene rings is 1. The van der Waals surface area contributed by atoms with Gasteiger partial charge in [0, 0.05) is 18.0 Å². The number of fused-ring (bicyclic) bond motifs is 1. The van der Waals surface area contributed by atoms with Gasteiger partial charge in [0.1, 0.15) is 10.4 Å². The SMILES string of the molecule is CC(C)[C@@H](C(=O)O)N1C(=O)/C(=C/c2cccc3nccnc23)SC1=S. The number of carboxylic acids is 1. The van der Waals surface area contributed by atoms with Crippen LogP contribution in [-0.2, 0) is 9.59 Å². The Bertz CT molecular complexity index is 906. The van der Waals surface area contributed by atoms with Crippen LogP contribution in [0.2, 0.25) is 0 Å². The fraction of sp³-hybridized carbons (Fsp3) is 0.235. The maximum Gasteiger partial charge on any atom is 0.327 e. The summed E-state index contributed by atoms with van der Waals surface area (Å²) in [6, 6.07) is 4.52. The number of thiocarbonyl (C=S) groups is 1. The molecule has 1 aliphatic heterocycles. The summed E-state index contributed by atoms with van der Waals surface area (Å²) in [5.74, 6) is -1.72. The van der Waals surface area contributed by atoms with Crippen LogP contribution in [0.5, 0.6) is 0 Å². The molecule has 1 atom stereocenters. The predicted molar refractivity (Wildman–Crippen MR) is 101 cm³/mol. The number of carbonyl (C=O) groups excluding carboxylic acids is 1. The van der Waals surface area contributed by atoms with Crippen molar-refractivity contribution in [2.24, 2.45) is 5.92 Å². The molecule has 0 saturated carbocycles. The number of aliphatic carboxylic acids is 1. The second-order valence-corrected chi connectivity index (χ2v) is 7.53. The van der Waals surface area contributed by atoms with Crippen LogP contribution in [-0.4, -0.2) is 42.2 Å². The number of thioether (sulfide) groups is 1. The summed E-state index contributed by atoms with van der Waals surface area (Å²) < 4.78 is 0.253. The van der Waals surface area contributed by atoms with Gasteiger partial charge in [-0.2, -0.15) is 0 Å². The molecule has 128 valence electrons. The number of hydrogen-bond acceptors (Lipinski definition) is 6. The van der Waals surface area contributed by atoms with Crippen molar-refractivity contribution in [3.8, 4) is 0 Å². The lowest BCUT2D eigenvalue weighted by Crippen LogP contribution is -2.47. The van der Waals surface area contributed by atoms with Crippen LogP contribution in [0, 0.1) is 5.92 Å². The van der Waals surface area contributed by atoms with Gasteiger partial charge >= 0.3 is 5.97 Å². The van der Waals surface area contributed by atoms with E-state index in [1.807, 2.05) is 18.2 Å². The Morgan fingerprint density at radius 2 is 2.04 bits per heavy atom. The Balaban J connectivity index is 2.02. The molecule has 8 heteroatoms. The second kappa shape index (κ2) is 6.89. The summed E-state index contributed by atoms with van der Waals surface area (Å²) >= 11 is 6.36. The van der Waals surface area contributed by atoms with E-state index in [1.54, 1.807) is 32.3 Å². The first-order valence-electron chi connectivity index (χ1n) is 7.59. The predicted octanol–water partition coefficient (Wildman–Crippen LogP) is 2.94. The topological polar surface area (TPSA) is 83.4 Å². The molecule has 0 aliphatic carbocycles. The van der Waals surface area contributed by atoms with E-state index < -0.39 is 17.9 Å². The Labute approximate surface area is 154 Å². The van der Waals surface area contributed by atoms with Gasteiger partial charge < -0.3 is 5.11 Å². The molecular formula is C17H15N3O3S2. The average molecular weight is 373 g/mol. The third-order valence-electron chi connectivity index (χ3n) is 3.80. The zero-order valence-electron chi connectivity index (χ0n) is 13.5. The van der Waals surface area contributed by atoms with Gasteiger partial charge in [0.15, 0.2) is 0 Å². The maximum atomic E-state index is 12.8. The summed E-state index contributed by atoms with van der Waals surface area (Å²) in [7, 11) is 0. The first kappa shape index (κ1) is 17.5. The first-order chi connectivity index (χ1) is 11.9. The van der Waals surface area contributed by atoms with Gasteiger partial charge in [-0.15, -0.1) is 0 Å². The number of nitrogens with zero attached hydrogens (tertiary/aromatic N) is 3. The highest BCUT2D eigenvalue weighted by atomic mass is 32.2. The van der Waals surface area contributed by atoms with E-state index in [1.165, 1.54) is 4.90 Å². The highest BCUT2D eigenvalue weighted by Crippen LogP contribution is 2.36. The standard InChI is InChI=1S/C17H15N3O3S2/c1-9(2)14(16(22)23)20-15(21)12(25-17(20)24)8-10-4-3-5-11-13(10)19-7-6-18-11/h3-9,14H,1-2H3,(H,22,23)/b12-8-/t14-/m0/s1. The van der Waals surface area contributed by atoms with Crippen molar-refractivity contribution < 1.29 is 14.7 Å². The van der Waals surface area contributed by atoms with E-state index in [0.29, 0.717) is 10.4 Å². The van der Waals surface area contributed by atoms with E-state index in [4.69, 9.17) is 12.2 Å². The number of carbonyl (C=O) groups is 2. The van der Waals surface area contributed by atoms with E-state index in [2.05, 4.69) is 9.97 Å². The quantitative estimate of drug-likeness (QED) is 0.651. The largest absolute Gasteiger partial charge is 0.480 e. The van der Waals surface area contributed by atoms with E-state index in [-0.39, 0.29) is 10.2 Å². The van der Waals surface area contributed by atoms with Gasteiger partial charge in [-0.25, -0.2) is 4.79 Å². The Morgan fingerprint density at radius 1 is 1.32 bits per heavy atom. The molecule has 6 nitrogen and oxygen atoms in total. The van der Waals surface area contributed by atoms with Crippen LogP contribution >= 0.6 is 24.0 Å². The molecule has 3 rings (SSSR count). The van der Waals surface area contributed by atoms with Crippen LogP contribution in [0.4, 0.5) is 0 Å². The fourth-order valence-corrected chi connectivity index (χ4v) is 4.01. The summed E-state index contributed by atoms with van der Waals surface area (Å²) in [4.78, 5) is 34.4. The van der Waals surface area contributed by atoms with Gasteiger partial charge in [-0.05, 0) is 18.1 Å². The van der Waals surface area contributed by atoms with Crippen molar-refractivity contribution in [1.29, 1.82) is 0 Å². The van der Waals surface area contributed by atoms with Gasteiger partial charge in [-0.3, -0.25) is 19.7 Å². The van der Waals surface area contributed by atoms with Crippen molar-refractivity contribution in [3.63, 3.8) is 0 Å². The number of hydrogen-bond donors (Lipinski definition) is 1. The van der Waals surface area contributed by atoms with Crippen molar-refractivity contribution in [2.75, 3.05) is 0 Å². The normalized spacial score (nSPS) is 17.7. The summed E-state index contributed by atoms with van der Waals surface area (Å²) in [6.45, 7) is 3.50. The number of rotatable bonds is 4. The van der Waals surface area contributed by atoms with Crippen molar-refractivity contribution >= 4 is 57.3 Å². The Hall–Kier alpha value is -2.32. The third-order valence-corrected chi connectivity index (χ3v) is 5.13. The second-order valence-electron chi connectivity index (χ2n) is 5.85. The Kier molecular flexibility index (Phi) is 4.82. The minimum Gasteiger partial charge on any atom is -0.480 e. The molecule has 1 amide bonds. The molecule has 1 aromatic heterocycles. The monoisotopic (exact) mass is 373 g/mol. The van der Waals surface area contributed by atoms with Crippen LogP contribution in [0.1, 0.15) is 19.4 Å². The smallest absolute Gasteiger partial charge is 0.327 e. The molecule has 1 fully saturated rings. The highest BCUT2D eigenvalue weighted by molar-refractivity contribution is 8.26. The van der Waals surface area contributed by atoms with Gasteiger partial charge in [0.05, 0.1) is 15.9 Å². The summed E-state index contributed by atoms with van der Waals surface area (Å²) in [5, 5.41) is 9.46. The van der Waals surface area contributed by atoms with E-state index >= 15 is 0 Å². The minimum absolute atomic E-state index is 0.253. The molecular weight excluding hydrogens is 358 g/mol. The molecule has 1 saturated heterocycles. The lowest BCUT2D eigenvalue weighted by atomic mass is 10.0. The lowest BCUT2D eigenvalue weighted by Gasteiger charge is -2.26. The molecule has 1 aliphatic rings. The number of aromatic nitrogens is 2. The molecule has 1 N–H and O–H groups in total. The van der Waals surface area contributed by atoms with Crippen LogP contribution < -0.4 is 0 Å². The molecule has 2 heterocycles. The number of para-hydroxylation sites is 1. The molecule has 0 radical (unpaired) electrons. The molecule has 25 heavy (non-hydrogen) atoms. The zero-order chi connectivity index (χ0) is 18.1. The number of amides is 1. The minimum atomic E-state index is -1.07. The maximum absolute atomic E-state index is 12.8. The van der Waals surface area contributed by atoms with Crippen LogP contribution in [0.15, 0.2) is 35.5 Å². The molecule has 0 bridgehead atoms. The van der Waals surface area contributed by atoms with Crippen LogP contribution in [0.3, 0.4) is 0 Å². The lowest BCUT2D eigenvalue weighted by molar-refractivity contribution is -0.146. The van der Waals surface area contributed by atoms with Gasteiger partial charge in [0.25, 0.3) is 5.91 Å². The van der Waals surface area contributed by atoms with Crippen molar-refractivity contribution in [1.82, 2.24) is 14.9 Å².